The second-order valence-electron chi connectivity index (χ2n) is 6.25. The van der Waals surface area contributed by atoms with E-state index in [1.165, 1.54) is 12.0 Å². The van der Waals surface area contributed by atoms with E-state index in [0.29, 0.717) is 0 Å². The van der Waals surface area contributed by atoms with Crippen molar-refractivity contribution in [2.75, 3.05) is 44.7 Å². The van der Waals surface area contributed by atoms with E-state index in [-0.39, 0.29) is 10.6 Å². The van der Waals surface area contributed by atoms with Crippen molar-refractivity contribution in [2.24, 2.45) is 0 Å². The molecule has 2 aliphatic heterocycles. The van der Waals surface area contributed by atoms with Crippen LogP contribution in [-0.4, -0.2) is 54.9 Å². The van der Waals surface area contributed by atoms with Gasteiger partial charge in [0.15, 0.2) is 0 Å². The van der Waals surface area contributed by atoms with Crippen molar-refractivity contribution in [1.82, 2.24) is 15.1 Å². The van der Waals surface area contributed by atoms with Crippen molar-refractivity contribution in [1.29, 1.82) is 0 Å². The Morgan fingerprint density at radius 2 is 1.96 bits per heavy atom. The smallest absolute Gasteiger partial charge is 0.285 e. The molecule has 1 aromatic heterocycles. The van der Waals surface area contributed by atoms with Crippen LogP contribution in [0.4, 0.5) is 5.69 Å². The van der Waals surface area contributed by atoms with Gasteiger partial charge in [-0.25, -0.2) is 5.10 Å². The van der Waals surface area contributed by atoms with Crippen molar-refractivity contribution in [3.05, 3.63) is 51.4 Å². The van der Waals surface area contributed by atoms with Crippen LogP contribution in [0.1, 0.15) is 12.0 Å². The number of ether oxygens (including phenoxy) is 1. The van der Waals surface area contributed by atoms with E-state index < -0.39 is 0 Å². The number of aromatic nitrogens is 2. The molecule has 0 unspecified atom stereocenters. The summed E-state index contributed by atoms with van der Waals surface area (Å²) >= 11 is 5.92. The summed E-state index contributed by atoms with van der Waals surface area (Å²) in [6, 6.07) is 8.25. The third-order valence-electron chi connectivity index (χ3n) is 4.44. The zero-order valence-electron chi connectivity index (χ0n) is 14.4. The number of likely N-dealkylation sites (N-methyl/N-ethyl adjacent to an activating group) is 1. The first-order valence-electron chi connectivity index (χ1n) is 8.52. The van der Waals surface area contributed by atoms with Crippen molar-refractivity contribution in [3.63, 3.8) is 0 Å². The average molecular weight is 363 g/mol. The number of nitrogens with zero attached hydrogens (tertiary/aromatic N) is 3. The number of benzene rings is 1. The molecule has 1 saturated heterocycles. The van der Waals surface area contributed by atoms with Crippen LogP contribution in [0.5, 0.6) is 5.75 Å². The third-order valence-corrected chi connectivity index (χ3v) is 4.81. The van der Waals surface area contributed by atoms with Gasteiger partial charge in [0.1, 0.15) is 10.8 Å². The van der Waals surface area contributed by atoms with Crippen molar-refractivity contribution >= 4 is 17.3 Å². The lowest BCUT2D eigenvalue weighted by atomic mass is 10.1. The molecule has 6 nitrogen and oxygen atoms in total. The molecule has 0 spiro atoms. The molecule has 4 rings (SSSR count). The van der Waals surface area contributed by atoms with E-state index in [1.807, 2.05) is 12.1 Å². The summed E-state index contributed by atoms with van der Waals surface area (Å²) in [5.74, 6) is 1.08. The molecule has 134 valence electrons. The summed E-state index contributed by atoms with van der Waals surface area (Å²) in [6.07, 6.45) is 3.95. The van der Waals surface area contributed by atoms with Crippen LogP contribution in [0.15, 0.2) is 35.3 Å². The molecule has 2 aliphatic rings. The van der Waals surface area contributed by atoms with E-state index in [2.05, 4.69) is 39.2 Å². The van der Waals surface area contributed by atoms with Gasteiger partial charge in [-0.15, -0.1) is 0 Å². The summed E-state index contributed by atoms with van der Waals surface area (Å²) in [7, 11) is 2.08. The highest BCUT2D eigenvalue weighted by atomic mass is 35.5. The molecule has 7 heteroatoms. The Morgan fingerprint density at radius 1 is 1.20 bits per heavy atom. The molecule has 25 heavy (non-hydrogen) atoms. The van der Waals surface area contributed by atoms with Crippen LogP contribution in [0.25, 0.3) is 0 Å². The Hall–Kier alpha value is -2.05. The molecule has 3 heterocycles. The predicted octanol–water partition coefficient (Wildman–Crippen LogP) is 2.19. The number of aryl methyl sites for hydroxylation is 1. The van der Waals surface area contributed by atoms with Gasteiger partial charge in [-0.3, -0.25) is 4.79 Å². The number of hydrogen-bond acceptors (Lipinski definition) is 5. The second kappa shape index (κ2) is 8.36. The minimum absolute atomic E-state index is 0.231. The third kappa shape index (κ3) is 4.52. The number of aromatic amines is 1. The molecule has 0 bridgehead atoms. The highest BCUT2D eigenvalue weighted by molar-refractivity contribution is 6.32. The second-order valence-corrected chi connectivity index (χ2v) is 6.63. The largest absolute Gasteiger partial charge is 0.493 e. The number of fused-ring (bicyclic) bond motifs is 1. The maximum absolute atomic E-state index is 11.3. The van der Waals surface area contributed by atoms with Crippen LogP contribution in [0.3, 0.4) is 0 Å². The van der Waals surface area contributed by atoms with Crippen molar-refractivity contribution in [2.45, 2.75) is 12.8 Å². The number of nitrogens with one attached hydrogen (secondary N) is 1. The van der Waals surface area contributed by atoms with Crippen LogP contribution in [0.2, 0.25) is 5.02 Å². The van der Waals surface area contributed by atoms with E-state index in [4.69, 9.17) is 16.3 Å². The van der Waals surface area contributed by atoms with Gasteiger partial charge in [-0.2, -0.15) is 5.10 Å². The van der Waals surface area contributed by atoms with Crippen LogP contribution in [-0.2, 0) is 6.42 Å². The first-order valence-corrected chi connectivity index (χ1v) is 8.90. The molecule has 0 radical (unpaired) electrons. The van der Waals surface area contributed by atoms with E-state index in [1.54, 1.807) is 6.20 Å². The maximum atomic E-state index is 11.3. The number of halogens is 1. The number of anilines is 1. The molecular formula is C18H23ClN4O2. The van der Waals surface area contributed by atoms with Crippen molar-refractivity contribution < 1.29 is 4.74 Å². The number of hydrogen-bond donors (Lipinski definition) is 1. The molecule has 0 saturated carbocycles. The van der Waals surface area contributed by atoms with Crippen LogP contribution in [0, 0.1) is 0 Å². The number of H-pyrrole nitrogens is 1. The first kappa shape index (κ1) is 17.8. The zero-order chi connectivity index (χ0) is 17.6. The average Bonchev–Trinajstić information content (AvgIpc) is 2.65. The normalized spacial score (nSPS) is 17.1. The molecule has 1 aromatic carbocycles. The van der Waals surface area contributed by atoms with Gasteiger partial charge in [0.25, 0.3) is 5.56 Å². The fourth-order valence-electron chi connectivity index (χ4n) is 2.94. The standard InChI is InChI=1S/C9H13ClN4O.C9H10O/c1-13-2-4-14(5-3-13)7-6-11-12-9(15)8(7)10;1-2-6-9-8(4-1)5-3-7-10-9/h6H,2-5H2,1H3,(H,12,15);1-2,4,6H,3,5,7H2. The van der Waals surface area contributed by atoms with Crippen LogP contribution >= 0.6 is 11.6 Å². The minimum Gasteiger partial charge on any atom is -0.493 e. The highest BCUT2D eigenvalue weighted by Gasteiger charge is 2.18. The van der Waals surface area contributed by atoms with Crippen LogP contribution < -0.4 is 15.2 Å². The quantitative estimate of drug-likeness (QED) is 0.842. The van der Waals surface area contributed by atoms with Gasteiger partial charge in [-0.1, -0.05) is 29.8 Å². The maximum Gasteiger partial charge on any atom is 0.285 e. The predicted molar refractivity (Wildman–Crippen MR) is 99.8 cm³/mol. The van der Waals surface area contributed by atoms with Gasteiger partial charge in [-0.05, 0) is 31.5 Å². The summed E-state index contributed by atoms with van der Waals surface area (Å²) in [4.78, 5) is 15.6. The molecule has 0 aliphatic carbocycles. The Morgan fingerprint density at radius 3 is 2.72 bits per heavy atom. The molecular weight excluding hydrogens is 340 g/mol. The van der Waals surface area contributed by atoms with Gasteiger partial charge in [0.2, 0.25) is 0 Å². The van der Waals surface area contributed by atoms with E-state index in [9.17, 15) is 4.79 Å². The number of para-hydroxylation sites is 1. The lowest BCUT2D eigenvalue weighted by Crippen LogP contribution is -2.45. The molecule has 1 fully saturated rings. The summed E-state index contributed by atoms with van der Waals surface area (Å²) in [6.45, 7) is 4.59. The van der Waals surface area contributed by atoms with Gasteiger partial charge in [0.05, 0.1) is 18.5 Å². The topological polar surface area (TPSA) is 61.5 Å². The number of piperazine rings is 1. The summed E-state index contributed by atoms with van der Waals surface area (Å²) < 4.78 is 5.42. The van der Waals surface area contributed by atoms with Crippen molar-refractivity contribution in [3.8, 4) is 5.75 Å². The monoisotopic (exact) mass is 362 g/mol. The lowest BCUT2D eigenvalue weighted by Gasteiger charge is -2.33. The highest BCUT2D eigenvalue weighted by Crippen LogP contribution is 2.23. The summed E-state index contributed by atoms with van der Waals surface area (Å²) in [5, 5.41) is 6.31. The minimum atomic E-state index is -0.326. The SMILES string of the molecule is CN1CCN(c2cn[nH]c(=O)c2Cl)CC1.c1ccc2c(c1)CCCO2. The summed E-state index contributed by atoms with van der Waals surface area (Å²) in [5.41, 5.74) is 1.76. The fourth-order valence-corrected chi connectivity index (χ4v) is 3.15. The fraction of sp³-hybridized carbons (Fsp3) is 0.444. The molecule has 2 aromatic rings. The Labute approximate surface area is 152 Å². The lowest BCUT2D eigenvalue weighted by molar-refractivity contribution is 0.288. The molecule has 1 N–H and O–H groups in total. The Balaban J connectivity index is 0.000000157. The molecule has 0 amide bonds. The zero-order valence-corrected chi connectivity index (χ0v) is 15.1. The Bertz CT molecular complexity index is 732. The Kier molecular flexibility index (Phi) is 5.94. The van der Waals surface area contributed by atoms with Gasteiger partial charge < -0.3 is 14.5 Å². The first-order chi connectivity index (χ1) is 12.1. The van der Waals surface area contributed by atoms with Gasteiger partial charge in [0, 0.05) is 26.2 Å². The number of rotatable bonds is 1. The van der Waals surface area contributed by atoms with E-state index in [0.717, 1.165) is 50.6 Å². The van der Waals surface area contributed by atoms with E-state index >= 15 is 0 Å². The van der Waals surface area contributed by atoms with Gasteiger partial charge >= 0.3 is 0 Å². The molecule has 0 atom stereocenters.